The van der Waals surface area contributed by atoms with Crippen LogP contribution in [-0.4, -0.2) is 46.4 Å². The first-order valence-electron chi connectivity index (χ1n) is 8.82. The first-order valence-corrected chi connectivity index (χ1v) is 8.82. The van der Waals surface area contributed by atoms with E-state index in [2.05, 4.69) is 17.2 Å². The summed E-state index contributed by atoms with van der Waals surface area (Å²) in [6.07, 6.45) is 1.78. The highest BCUT2D eigenvalue weighted by atomic mass is 16.5. The predicted octanol–water partition coefficient (Wildman–Crippen LogP) is 3.40. The van der Waals surface area contributed by atoms with Gasteiger partial charge in [0.05, 0.1) is 36.8 Å². The highest BCUT2D eigenvalue weighted by Gasteiger charge is 2.25. The Morgan fingerprint density at radius 1 is 1.12 bits per heavy atom. The third-order valence-corrected chi connectivity index (χ3v) is 4.68. The molecule has 5 heteroatoms. The van der Waals surface area contributed by atoms with E-state index in [1.165, 1.54) is 0 Å². The first-order chi connectivity index (χ1) is 12.7. The van der Waals surface area contributed by atoms with Gasteiger partial charge in [0.15, 0.2) is 0 Å². The summed E-state index contributed by atoms with van der Waals surface area (Å²) in [5.74, 6) is 0.0380. The molecule has 4 rings (SSSR count). The minimum absolute atomic E-state index is 0.0380. The summed E-state index contributed by atoms with van der Waals surface area (Å²) in [6.45, 7) is 3.82. The van der Waals surface area contributed by atoms with Gasteiger partial charge in [-0.25, -0.2) is 4.68 Å². The third kappa shape index (κ3) is 3.13. The number of morpholine rings is 1. The molecule has 132 valence electrons. The van der Waals surface area contributed by atoms with E-state index in [-0.39, 0.29) is 11.9 Å². The first kappa shape index (κ1) is 16.5. The monoisotopic (exact) mass is 347 g/mol. The molecule has 5 nitrogen and oxygen atoms in total. The van der Waals surface area contributed by atoms with Crippen LogP contribution in [-0.2, 0) is 4.74 Å². The van der Waals surface area contributed by atoms with Crippen molar-refractivity contribution >= 4 is 5.91 Å². The van der Waals surface area contributed by atoms with Crippen molar-refractivity contribution in [2.24, 2.45) is 0 Å². The highest BCUT2D eigenvalue weighted by molar-refractivity contribution is 5.95. The van der Waals surface area contributed by atoms with Gasteiger partial charge >= 0.3 is 0 Å². The number of rotatable bonds is 3. The maximum Gasteiger partial charge on any atom is 0.254 e. The normalized spacial score (nSPS) is 17.3. The molecule has 3 aromatic rings. The smallest absolute Gasteiger partial charge is 0.254 e. The topological polar surface area (TPSA) is 47.4 Å². The van der Waals surface area contributed by atoms with Gasteiger partial charge in [-0.05, 0) is 31.2 Å². The zero-order valence-electron chi connectivity index (χ0n) is 14.7. The van der Waals surface area contributed by atoms with Crippen molar-refractivity contribution < 1.29 is 9.53 Å². The molecule has 2 aromatic carbocycles. The van der Waals surface area contributed by atoms with Crippen molar-refractivity contribution in [3.8, 4) is 16.9 Å². The second-order valence-electron chi connectivity index (χ2n) is 6.47. The van der Waals surface area contributed by atoms with Crippen LogP contribution >= 0.6 is 0 Å². The van der Waals surface area contributed by atoms with Gasteiger partial charge in [0.1, 0.15) is 0 Å². The summed E-state index contributed by atoms with van der Waals surface area (Å²) < 4.78 is 7.31. The Balaban J connectivity index is 1.67. The second-order valence-corrected chi connectivity index (χ2v) is 6.47. The molecule has 1 aromatic heterocycles. The van der Waals surface area contributed by atoms with Crippen LogP contribution in [0.2, 0.25) is 0 Å². The molecule has 1 aliphatic rings. The van der Waals surface area contributed by atoms with Crippen molar-refractivity contribution in [3.05, 3.63) is 72.4 Å². The van der Waals surface area contributed by atoms with Crippen LogP contribution in [0.1, 0.15) is 17.3 Å². The van der Waals surface area contributed by atoms with Gasteiger partial charge in [-0.1, -0.05) is 36.4 Å². The number of benzene rings is 2. The summed E-state index contributed by atoms with van der Waals surface area (Å²) in [5, 5.41) is 4.46. The summed E-state index contributed by atoms with van der Waals surface area (Å²) in [6, 6.07) is 19.8. The van der Waals surface area contributed by atoms with Crippen molar-refractivity contribution in [2.75, 3.05) is 19.8 Å². The van der Waals surface area contributed by atoms with Gasteiger partial charge in [-0.2, -0.15) is 5.10 Å². The molecule has 1 atom stereocenters. The van der Waals surface area contributed by atoms with Crippen LogP contribution < -0.4 is 0 Å². The number of aromatic nitrogens is 2. The van der Waals surface area contributed by atoms with E-state index in [4.69, 9.17) is 4.74 Å². The van der Waals surface area contributed by atoms with Gasteiger partial charge < -0.3 is 9.64 Å². The standard InChI is InChI=1S/C21H21N3O2/c1-16-15-26-13-12-23(16)21(25)18-8-5-9-19(14-18)24-20(10-11-22-24)17-6-3-2-4-7-17/h2-11,14,16H,12-13,15H2,1H3/t16-/m1/s1. The van der Waals surface area contributed by atoms with Gasteiger partial charge in [-0.15, -0.1) is 0 Å². The van der Waals surface area contributed by atoms with E-state index in [1.54, 1.807) is 6.20 Å². The molecular formula is C21H21N3O2. The van der Waals surface area contributed by atoms with E-state index in [1.807, 2.05) is 65.0 Å². The van der Waals surface area contributed by atoms with E-state index in [0.29, 0.717) is 25.3 Å². The van der Waals surface area contributed by atoms with Gasteiger partial charge in [0, 0.05) is 17.7 Å². The van der Waals surface area contributed by atoms with Gasteiger partial charge in [0.2, 0.25) is 0 Å². The summed E-state index contributed by atoms with van der Waals surface area (Å²) in [4.78, 5) is 14.8. The molecule has 1 fully saturated rings. The average molecular weight is 347 g/mol. The fourth-order valence-corrected chi connectivity index (χ4v) is 3.30. The Morgan fingerprint density at radius 3 is 2.77 bits per heavy atom. The molecule has 2 heterocycles. The number of nitrogens with zero attached hydrogens (tertiary/aromatic N) is 3. The molecule has 0 saturated carbocycles. The van der Waals surface area contributed by atoms with Gasteiger partial charge in [-0.3, -0.25) is 4.79 Å². The number of hydrogen-bond acceptors (Lipinski definition) is 3. The lowest BCUT2D eigenvalue weighted by Gasteiger charge is -2.33. The molecule has 0 spiro atoms. The lowest BCUT2D eigenvalue weighted by atomic mass is 10.1. The molecule has 1 amide bonds. The summed E-state index contributed by atoms with van der Waals surface area (Å²) >= 11 is 0. The molecule has 0 bridgehead atoms. The van der Waals surface area contributed by atoms with Crippen molar-refractivity contribution in [3.63, 3.8) is 0 Å². The number of carbonyl (C=O) groups excluding carboxylic acids is 1. The van der Waals surface area contributed by atoms with Crippen LogP contribution in [0.15, 0.2) is 66.9 Å². The lowest BCUT2D eigenvalue weighted by Crippen LogP contribution is -2.47. The SMILES string of the molecule is C[C@@H]1COCCN1C(=O)c1cccc(-n2nccc2-c2ccccc2)c1. The summed E-state index contributed by atoms with van der Waals surface area (Å²) in [7, 11) is 0. The number of ether oxygens (including phenoxy) is 1. The van der Waals surface area contributed by atoms with Crippen LogP contribution in [0.3, 0.4) is 0 Å². The van der Waals surface area contributed by atoms with E-state index >= 15 is 0 Å². The zero-order chi connectivity index (χ0) is 17.9. The summed E-state index contributed by atoms with van der Waals surface area (Å²) in [5.41, 5.74) is 3.63. The van der Waals surface area contributed by atoms with E-state index in [9.17, 15) is 4.79 Å². The Morgan fingerprint density at radius 2 is 1.96 bits per heavy atom. The zero-order valence-corrected chi connectivity index (χ0v) is 14.7. The predicted molar refractivity (Wildman–Crippen MR) is 100 cm³/mol. The van der Waals surface area contributed by atoms with Crippen LogP contribution in [0, 0.1) is 0 Å². The van der Waals surface area contributed by atoms with Crippen molar-refractivity contribution in [1.29, 1.82) is 0 Å². The highest BCUT2D eigenvalue weighted by Crippen LogP contribution is 2.23. The number of amides is 1. The third-order valence-electron chi connectivity index (χ3n) is 4.68. The minimum Gasteiger partial charge on any atom is -0.377 e. The maximum atomic E-state index is 12.9. The molecule has 26 heavy (non-hydrogen) atoms. The molecule has 1 saturated heterocycles. The van der Waals surface area contributed by atoms with Gasteiger partial charge in [0.25, 0.3) is 5.91 Å². The molecular weight excluding hydrogens is 326 g/mol. The van der Waals surface area contributed by atoms with E-state index in [0.717, 1.165) is 16.9 Å². The molecule has 0 unspecified atom stereocenters. The largest absolute Gasteiger partial charge is 0.377 e. The molecule has 1 aliphatic heterocycles. The average Bonchev–Trinajstić information content (AvgIpc) is 3.18. The Hall–Kier alpha value is -2.92. The lowest BCUT2D eigenvalue weighted by molar-refractivity contribution is 0.00359. The van der Waals surface area contributed by atoms with Crippen molar-refractivity contribution in [1.82, 2.24) is 14.7 Å². The maximum absolute atomic E-state index is 12.9. The Kier molecular flexibility index (Phi) is 4.54. The quantitative estimate of drug-likeness (QED) is 0.729. The Labute approximate surface area is 152 Å². The number of hydrogen-bond donors (Lipinski definition) is 0. The van der Waals surface area contributed by atoms with E-state index < -0.39 is 0 Å². The van der Waals surface area contributed by atoms with Crippen molar-refractivity contribution in [2.45, 2.75) is 13.0 Å². The van der Waals surface area contributed by atoms with Crippen LogP contribution in [0.25, 0.3) is 16.9 Å². The minimum atomic E-state index is 0.0380. The Bertz CT molecular complexity index is 904. The second kappa shape index (κ2) is 7.14. The fourth-order valence-electron chi connectivity index (χ4n) is 3.30. The number of carbonyl (C=O) groups is 1. The molecule has 0 radical (unpaired) electrons. The van der Waals surface area contributed by atoms with Crippen LogP contribution in [0.4, 0.5) is 0 Å². The van der Waals surface area contributed by atoms with Crippen LogP contribution in [0.5, 0.6) is 0 Å². The fraction of sp³-hybridized carbons (Fsp3) is 0.238. The molecule has 0 N–H and O–H groups in total. The molecule has 0 aliphatic carbocycles.